The zero-order valence-corrected chi connectivity index (χ0v) is 12.5. The quantitative estimate of drug-likeness (QED) is 0.912. The summed E-state index contributed by atoms with van der Waals surface area (Å²) in [4.78, 5) is 5.90. The summed E-state index contributed by atoms with van der Waals surface area (Å²) in [5, 5.41) is 0.994. The summed E-state index contributed by atoms with van der Waals surface area (Å²) in [6.45, 7) is 4.86. The molecule has 0 spiro atoms. The summed E-state index contributed by atoms with van der Waals surface area (Å²) in [7, 11) is 1.70. The fourth-order valence-corrected chi connectivity index (χ4v) is 3.08. The molecule has 102 valence electrons. The van der Waals surface area contributed by atoms with Gasteiger partial charge in [-0.1, -0.05) is 31.2 Å². The van der Waals surface area contributed by atoms with Gasteiger partial charge in [0.2, 0.25) is 0 Å². The maximum Gasteiger partial charge on any atom is 0.114 e. The molecule has 3 nitrogen and oxygen atoms in total. The summed E-state index contributed by atoms with van der Waals surface area (Å²) in [5.41, 5.74) is 9.70. The van der Waals surface area contributed by atoms with Crippen molar-refractivity contribution in [3.63, 3.8) is 0 Å². The van der Waals surface area contributed by atoms with Gasteiger partial charge in [-0.3, -0.25) is 0 Å². The zero-order chi connectivity index (χ0) is 13.8. The van der Waals surface area contributed by atoms with Crippen LogP contribution in [0.15, 0.2) is 24.3 Å². The Morgan fingerprint density at radius 2 is 2.00 bits per heavy atom. The van der Waals surface area contributed by atoms with E-state index in [0.717, 1.165) is 28.2 Å². The summed E-state index contributed by atoms with van der Waals surface area (Å²) in [6, 6.07) is 8.09. The van der Waals surface area contributed by atoms with Crippen LogP contribution >= 0.6 is 11.3 Å². The van der Waals surface area contributed by atoms with Crippen molar-refractivity contribution in [3.8, 4) is 0 Å². The molecule has 1 heterocycles. The average Bonchev–Trinajstić information content (AvgIpc) is 2.80. The molecule has 0 radical (unpaired) electrons. The van der Waals surface area contributed by atoms with Crippen molar-refractivity contribution >= 4 is 11.3 Å². The van der Waals surface area contributed by atoms with Crippen LogP contribution < -0.4 is 5.73 Å². The largest absolute Gasteiger partial charge is 0.380 e. The van der Waals surface area contributed by atoms with Gasteiger partial charge in [-0.15, -0.1) is 11.3 Å². The number of hydrogen-bond donors (Lipinski definition) is 1. The molecule has 0 saturated heterocycles. The highest BCUT2D eigenvalue weighted by molar-refractivity contribution is 7.11. The number of hydrogen-bond acceptors (Lipinski definition) is 4. The molecule has 2 N–H and O–H groups in total. The van der Waals surface area contributed by atoms with E-state index in [1.165, 1.54) is 4.88 Å². The second-order valence-electron chi connectivity index (χ2n) is 4.56. The lowest BCUT2D eigenvalue weighted by Gasteiger charge is -2.09. The maximum absolute atomic E-state index is 6.29. The first-order chi connectivity index (χ1) is 9.15. The van der Waals surface area contributed by atoms with E-state index in [1.54, 1.807) is 18.4 Å². The van der Waals surface area contributed by atoms with Gasteiger partial charge in [0.05, 0.1) is 18.3 Å². The molecule has 0 fully saturated rings. The lowest BCUT2D eigenvalue weighted by molar-refractivity contribution is 0.185. The molecule has 1 aromatic carbocycles. The van der Waals surface area contributed by atoms with Crippen LogP contribution in [0.25, 0.3) is 0 Å². The molecule has 2 aromatic rings. The van der Waals surface area contributed by atoms with Crippen LogP contribution in [0.3, 0.4) is 0 Å². The molecule has 0 aliphatic rings. The van der Waals surface area contributed by atoms with Crippen molar-refractivity contribution in [2.45, 2.75) is 32.9 Å². The Bertz CT molecular complexity index is 534. The van der Waals surface area contributed by atoms with Crippen LogP contribution in [0.2, 0.25) is 0 Å². The predicted molar refractivity (Wildman–Crippen MR) is 79.4 cm³/mol. The number of methoxy groups -OCH3 is 1. The van der Waals surface area contributed by atoms with Gasteiger partial charge in [-0.2, -0.15) is 0 Å². The molecule has 0 aliphatic heterocycles. The number of nitrogens with two attached hydrogens (primary N) is 1. The molecular weight excluding hydrogens is 256 g/mol. The van der Waals surface area contributed by atoms with Crippen LogP contribution in [0.1, 0.15) is 39.7 Å². The zero-order valence-electron chi connectivity index (χ0n) is 11.6. The first kappa shape index (κ1) is 14.2. The Kier molecular flexibility index (Phi) is 4.69. The van der Waals surface area contributed by atoms with Gasteiger partial charge in [-0.25, -0.2) is 4.98 Å². The van der Waals surface area contributed by atoms with E-state index in [9.17, 15) is 0 Å². The molecule has 1 aromatic heterocycles. The van der Waals surface area contributed by atoms with Gasteiger partial charge in [0.1, 0.15) is 5.01 Å². The molecule has 2 rings (SSSR count). The SMILES string of the molecule is CCc1nc(C(N)c2ccc(COC)cc2)sc1C. The minimum Gasteiger partial charge on any atom is -0.380 e. The van der Waals surface area contributed by atoms with E-state index >= 15 is 0 Å². The van der Waals surface area contributed by atoms with Crippen molar-refractivity contribution in [3.05, 3.63) is 51.0 Å². The number of rotatable bonds is 5. The Balaban J connectivity index is 2.20. The van der Waals surface area contributed by atoms with E-state index in [1.807, 2.05) is 0 Å². The van der Waals surface area contributed by atoms with E-state index in [-0.39, 0.29) is 6.04 Å². The lowest BCUT2D eigenvalue weighted by atomic mass is 10.1. The van der Waals surface area contributed by atoms with Crippen molar-refractivity contribution < 1.29 is 4.74 Å². The van der Waals surface area contributed by atoms with Crippen molar-refractivity contribution in [2.24, 2.45) is 5.73 Å². The van der Waals surface area contributed by atoms with Crippen molar-refractivity contribution in [2.75, 3.05) is 7.11 Å². The fraction of sp³-hybridized carbons (Fsp3) is 0.400. The topological polar surface area (TPSA) is 48.1 Å². The highest BCUT2D eigenvalue weighted by atomic mass is 32.1. The van der Waals surface area contributed by atoms with Gasteiger partial charge >= 0.3 is 0 Å². The summed E-state index contributed by atoms with van der Waals surface area (Å²) in [6.07, 6.45) is 0.960. The Morgan fingerprint density at radius 3 is 2.53 bits per heavy atom. The maximum atomic E-state index is 6.29. The first-order valence-electron chi connectivity index (χ1n) is 6.45. The van der Waals surface area contributed by atoms with Crippen LogP contribution in [-0.2, 0) is 17.8 Å². The van der Waals surface area contributed by atoms with E-state index < -0.39 is 0 Å². The smallest absolute Gasteiger partial charge is 0.114 e. The fourth-order valence-electron chi connectivity index (χ4n) is 2.04. The number of aryl methyl sites for hydroxylation is 2. The minimum absolute atomic E-state index is 0.138. The first-order valence-corrected chi connectivity index (χ1v) is 7.27. The number of nitrogens with zero attached hydrogens (tertiary/aromatic N) is 1. The van der Waals surface area contributed by atoms with Gasteiger partial charge in [-0.05, 0) is 24.5 Å². The molecule has 19 heavy (non-hydrogen) atoms. The minimum atomic E-state index is -0.138. The van der Waals surface area contributed by atoms with Crippen LogP contribution in [0, 0.1) is 6.92 Å². The van der Waals surface area contributed by atoms with Gasteiger partial charge in [0, 0.05) is 12.0 Å². The second-order valence-corrected chi connectivity index (χ2v) is 5.80. The molecule has 0 amide bonds. The third kappa shape index (κ3) is 3.21. The molecule has 0 bridgehead atoms. The van der Waals surface area contributed by atoms with Gasteiger partial charge in [0.15, 0.2) is 0 Å². The van der Waals surface area contributed by atoms with E-state index in [0.29, 0.717) is 6.61 Å². The molecule has 1 atom stereocenters. The van der Waals surface area contributed by atoms with Crippen LogP contribution in [0.4, 0.5) is 0 Å². The molecule has 0 aliphatic carbocycles. The third-order valence-electron chi connectivity index (χ3n) is 3.16. The number of ether oxygens (including phenoxy) is 1. The highest BCUT2D eigenvalue weighted by Crippen LogP contribution is 2.26. The number of aromatic nitrogens is 1. The van der Waals surface area contributed by atoms with Crippen molar-refractivity contribution in [1.29, 1.82) is 0 Å². The number of thiazole rings is 1. The van der Waals surface area contributed by atoms with E-state index in [2.05, 4.69) is 43.1 Å². The average molecular weight is 276 g/mol. The normalized spacial score (nSPS) is 12.6. The van der Waals surface area contributed by atoms with Crippen LogP contribution in [0.5, 0.6) is 0 Å². The Labute approximate surface area is 118 Å². The Morgan fingerprint density at radius 1 is 1.32 bits per heavy atom. The second kappa shape index (κ2) is 6.28. The molecular formula is C15H20N2OS. The van der Waals surface area contributed by atoms with Crippen LogP contribution in [-0.4, -0.2) is 12.1 Å². The summed E-state index contributed by atoms with van der Waals surface area (Å²) < 4.78 is 5.10. The monoisotopic (exact) mass is 276 g/mol. The van der Waals surface area contributed by atoms with Crippen molar-refractivity contribution in [1.82, 2.24) is 4.98 Å². The lowest BCUT2D eigenvalue weighted by Crippen LogP contribution is -2.11. The van der Waals surface area contributed by atoms with Gasteiger partial charge < -0.3 is 10.5 Å². The van der Waals surface area contributed by atoms with Gasteiger partial charge in [0.25, 0.3) is 0 Å². The van der Waals surface area contributed by atoms with E-state index in [4.69, 9.17) is 10.5 Å². The molecule has 1 unspecified atom stereocenters. The highest BCUT2D eigenvalue weighted by Gasteiger charge is 2.15. The summed E-state index contributed by atoms with van der Waals surface area (Å²) >= 11 is 1.70. The molecule has 0 saturated carbocycles. The standard InChI is InChI=1S/C15H20N2OS/c1-4-13-10(2)19-15(17-13)14(16)12-7-5-11(6-8-12)9-18-3/h5-8,14H,4,9,16H2,1-3H3. The third-order valence-corrected chi connectivity index (χ3v) is 4.26. The number of benzene rings is 1. The molecule has 4 heteroatoms. The predicted octanol–water partition coefficient (Wildman–Crippen LogP) is 3.21. The summed E-state index contributed by atoms with van der Waals surface area (Å²) in [5.74, 6) is 0. The Hall–Kier alpha value is -1.23.